The SMILES string of the molecule is CNC(=O)C1CN(c2ccc(C=O)s2)C1. The van der Waals surface area contributed by atoms with Gasteiger partial charge in [-0.15, -0.1) is 11.3 Å². The van der Waals surface area contributed by atoms with Crippen LogP contribution >= 0.6 is 11.3 Å². The van der Waals surface area contributed by atoms with Gasteiger partial charge in [0, 0.05) is 20.1 Å². The monoisotopic (exact) mass is 224 g/mol. The van der Waals surface area contributed by atoms with Crippen LogP contribution in [0.4, 0.5) is 5.00 Å². The topological polar surface area (TPSA) is 49.4 Å². The first-order valence-electron chi connectivity index (χ1n) is 4.76. The molecule has 0 radical (unpaired) electrons. The highest BCUT2D eigenvalue weighted by Crippen LogP contribution is 2.30. The first-order valence-corrected chi connectivity index (χ1v) is 5.58. The third-order valence-corrected chi connectivity index (χ3v) is 3.61. The van der Waals surface area contributed by atoms with E-state index in [4.69, 9.17) is 0 Å². The number of carbonyl (C=O) groups excluding carboxylic acids is 2. The molecule has 15 heavy (non-hydrogen) atoms. The molecule has 1 aromatic rings. The molecule has 1 aliphatic heterocycles. The Balaban J connectivity index is 1.94. The molecule has 2 rings (SSSR count). The van der Waals surface area contributed by atoms with Gasteiger partial charge in [0.1, 0.15) is 0 Å². The fourth-order valence-electron chi connectivity index (χ4n) is 1.60. The highest BCUT2D eigenvalue weighted by Gasteiger charge is 2.32. The summed E-state index contributed by atoms with van der Waals surface area (Å²) in [6.45, 7) is 1.50. The van der Waals surface area contributed by atoms with E-state index < -0.39 is 0 Å². The average Bonchev–Trinajstić information content (AvgIpc) is 2.63. The lowest BCUT2D eigenvalue weighted by Crippen LogP contribution is -2.53. The molecule has 0 atom stereocenters. The maximum atomic E-state index is 11.2. The van der Waals surface area contributed by atoms with Crippen molar-refractivity contribution in [1.82, 2.24) is 5.32 Å². The van der Waals surface area contributed by atoms with E-state index in [1.165, 1.54) is 11.3 Å². The van der Waals surface area contributed by atoms with Crippen molar-refractivity contribution in [3.8, 4) is 0 Å². The summed E-state index contributed by atoms with van der Waals surface area (Å²) < 4.78 is 0. The predicted molar refractivity (Wildman–Crippen MR) is 59.5 cm³/mol. The van der Waals surface area contributed by atoms with Crippen LogP contribution in [0.5, 0.6) is 0 Å². The number of aldehydes is 1. The summed E-state index contributed by atoms with van der Waals surface area (Å²) in [7, 11) is 1.65. The second-order valence-electron chi connectivity index (χ2n) is 3.51. The number of hydrogen-bond acceptors (Lipinski definition) is 4. The van der Waals surface area contributed by atoms with Gasteiger partial charge < -0.3 is 10.2 Å². The van der Waals surface area contributed by atoms with Gasteiger partial charge in [-0.3, -0.25) is 9.59 Å². The zero-order chi connectivity index (χ0) is 10.8. The van der Waals surface area contributed by atoms with Gasteiger partial charge in [0.2, 0.25) is 5.91 Å². The zero-order valence-electron chi connectivity index (χ0n) is 8.40. The van der Waals surface area contributed by atoms with E-state index >= 15 is 0 Å². The maximum Gasteiger partial charge on any atom is 0.226 e. The van der Waals surface area contributed by atoms with E-state index in [0.717, 1.165) is 29.3 Å². The van der Waals surface area contributed by atoms with Gasteiger partial charge >= 0.3 is 0 Å². The Bertz CT molecular complexity index is 383. The largest absolute Gasteiger partial charge is 0.362 e. The number of anilines is 1. The van der Waals surface area contributed by atoms with Crippen molar-refractivity contribution in [2.75, 3.05) is 25.0 Å². The number of carbonyl (C=O) groups is 2. The minimum Gasteiger partial charge on any atom is -0.362 e. The molecular formula is C10H12N2O2S. The molecule has 1 amide bonds. The first kappa shape index (κ1) is 10.2. The summed E-state index contributed by atoms with van der Waals surface area (Å²) >= 11 is 1.46. The molecule has 0 aromatic carbocycles. The van der Waals surface area contributed by atoms with E-state index in [2.05, 4.69) is 10.2 Å². The zero-order valence-corrected chi connectivity index (χ0v) is 9.21. The molecule has 1 N–H and O–H groups in total. The highest BCUT2D eigenvalue weighted by molar-refractivity contribution is 7.17. The van der Waals surface area contributed by atoms with Crippen LogP contribution in [0.15, 0.2) is 12.1 Å². The second kappa shape index (κ2) is 4.02. The lowest BCUT2D eigenvalue weighted by molar-refractivity contribution is -0.125. The van der Waals surface area contributed by atoms with Crippen LogP contribution in [0.3, 0.4) is 0 Å². The molecule has 0 saturated carbocycles. The average molecular weight is 224 g/mol. The van der Waals surface area contributed by atoms with Gasteiger partial charge in [-0.1, -0.05) is 0 Å². The quantitative estimate of drug-likeness (QED) is 0.770. The lowest BCUT2D eigenvalue weighted by atomic mass is 10.00. The summed E-state index contributed by atoms with van der Waals surface area (Å²) in [5, 5.41) is 3.70. The molecule has 0 unspecified atom stereocenters. The van der Waals surface area contributed by atoms with E-state index in [0.29, 0.717) is 0 Å². The van der Waals surface area contributed by atoms with Crippen LogP contribution < -0.4 is 10.2 Å². The van der Waals surface area contributed by atoms with Crippen molar-refractivity contribution in [2.45, 2.75) is 0 Å². The van der Waals surface area contributed by atoms with Crippen LogP contribution in [0.2, 0.25) is 0 Å². The van der Waals surface area contributed by atoms with Crippen LogP contribution in [-0.4, -0.2) is 32.3 Å². The third kappa shape index (κ3) is 1.87. The van der Waals surface area contributed by atoms with Crippen LogP contribution in [0, 0.1) is 5.92 Å². The number of thiophene rings is 1. The van der Waals surface area contributed by atoms with Crippen LogP contribution in [-0.2, 0) is 4.79 Å². The van der Waals surface area contributed by atoms with Gasteiger partial charge in [0.25, 0.3) is 0 Å². The predicted octanol–water partition coefficient (Wildman–Crippen LogP) is 0.743. The Morgan fingerprint density at radius 3 is 2.87 bits per heavy atom. The van der Waals surface area contributed by atoms with Crippen molar-refractivity contribution < 1.29 is 9.59 Å². The Morgan fingerprint density at radius 2 is 2.33 bits per heavy atom. The molecule has 2 heterocycles. The van der Waals surface area contributed by atoms with Gasteiger partial charge in [0.15, 0.2) is 6.29 Å². The number of hydrogen-bond donors (Lipinski definition) is 1. The Labute approximate surface area is 91.9 Å². The number of nitrogens with one attached hydrogen (secondary N) is 1. The van der Waals surface area contributed by atoms with Crippen molar-refractivity contribution in [3.05, 3.63) is 17.0 Å². The molecule has 4 nitrogen and oxygen atoms in total. The van der Waals surface area contributed by atoms with E-state index in [1.54, 1.807) is 13.1 Å². The van der Waals surface area contributed by atoms with E-state index in [-0.39, 0.29) is 11.8 Å². The third-order valence-electron chi connectivity index (χ3n) is 2.54. The van der Waals surface area contributed by atoms with E-state index in [1.807, 2.05) is 6.07 Å². The van der Waals surface area contributed by atoms with Gasteiger partial charge in [-0.2, -0.15) is 0 Å². The molecule has 1 fully saturated rings. The Hall–Kier alpha value is -1.36. The smallest absolute Gasteiger partial charge is 0.226 e. The fraction of sp³-hybridized carbons (Fsp3) is 0.400. The summed E-state index contributed by atoms with van der Waals surface area (Å²) in [6, 6.07) is 3.73. The Kier molecular flexibility index (Phi) is 2.73. The summed E-state index contributed by atoms with van der Waals surface area (Å²) in [5.74, 6) is 0.190. The number of nitrogens with zero attached hydrogens (tertiary/aromatic N) is 1. The molecule has 0 spiro atoms. The highest BCUT2D eigenvalue weighted by atomic mass is 32.1. The van der Waals surface area contributed by atoms with Gasteiger partial charge in [0.05, 0.1) is 15.8 Å². The second-order valence-corrected chi connectivity index (χ2v) is 4.60. The maximum absolute atomic E-state index is 11.2. The minimum absolute atomic E-state index is 0.0942. The molecule has 0 aliphatic carbocycles. The Morgan fingerprint density at radius 1 is 1.60 bits per heavy atom. The van der Waals surface area contributed by atoms with Crippen LogP contribution in [0.25, 0.3) is 0 Å². The molecule has 1 saturated heterocycles. The molecular weight excluding hydrogens is 212 g/mol. The van der Waals surface area contributed by atoms with Crippen LogP contribution in [0.1, 0.15) is 9.67 Å². The standard InChI is InChI=1S/C10H12N2O2S/c1-11-10(14)7-4-12(5-7)9-3-2-8(6-13)15-9/h2-3,6-7H,4-5H2,1H3,(H,11,14). The fourth-order valence-corrected chi connectivity index (χ4v) is 2.44. The first-order chi connectivity index (χ1) is 7.24. The van der Waals surface area contributed by atoms with Gasteiger partial charge in [-0.25, -0.2) is 0 Å². The van der Waals surface area contributed by atoms with Crippen molar-refractivity contribution >= 4 is 28.5 Å². The van der Waals surface area contributed by atoms with Crippen molar-refractivity contribution in [2.24, 2.45) is 5.92 Å². The summed E-state index contributed by atoms with van der Waals surface area (Å²) in [6.07, 6.45) is 0.851. The minimum atomic E-state index is 0.0942. The molecule has 1 aromatic heterocycles. The normalized spacial score (nSPS) is 15.9. The molecule has 5 heteroatoms. The van der Waals surface area contributed by atoms with Gasteiger partial charge in [-0.05, 0) is 12.1 Å². The molecule has 1 aliphatic rings. The van der Waals surface area contributed by atoms with E-state index in [9.17, 15) is 9.59 Å². The van der Waals surface area contributed by atoms with Crippen molar-refractivity contribution in [1.29, 1.82) is 0 Å². The number of rotatable bonds is 3. The lowest BCUT2D eigenvalue weighted by Gasteiger charge is -2.38. The van der Waals surface area contributed by atoms with Crippen molar-refractivity contribution in [3.63, 3.8) is 0 Å². The number of amides is 1. The summed E-state index contributed by atoms with van der Waals surface area (Å²) in [5.41, 5.74) is 0. The molecule has 0 bridgehead atoms. The molecule has 80 valence electrons. The summed E-state index contributed by atoms with van der Waals surface area (Å²) in [4.78, 5) is 24.6.